The maximum absolute atomic E-state index is 5.47. The number of rotatable bonds is 5. The monoisotopic (exact) mass is 230 g/mol. The third kappa shape index (κ3) is 3.14. The van der Waals surface area contributed by atoms with E-state index in [2.05, 4.69) is 35.4 Å². The van der Waals surface area contributed by atoms with Crippen LogP contribution in [0.3, 0.4) is 0 Å². The van der Waals surface area contributed by atoms with E-state index in [4.69, 9.17) is 5.73 Å². The van der Waals surface area contributed by atoms with Crippen molar-refractivity contribution >= 4 is 0 Å². The molecule has 0 spiro atoms. The lowest BCUT2D eigenvalue weighted by Gasteiger charge is -2.04. The molecule has 2 aromatic rings. The van der Waals surface area contributed by atoms with Gasteiger partial charge in [-0.25, -0.2) is 4.68 Å². The van der Waals surface area contributed by atoms with E-state index in [1.54, 1.807) is 0 Å². The molecule has 0 amide bonds. The molecule has 1 heterocycles. The topological polar surface area (TPSA) is 56.7 Å². The van der Waals surface area contributed by atoms with E-state index in [0.717, 1.165) is 25.1 Å². The molecule has 4 heteroatoms. The lowest BCUT2D eigenvalue weighted by Crippen LogP contribution is -2.02. The van der Waals surface area contributed by atoms with Crippen molar-refractivity contribution in [2.45, 2.75) is 26.3 Å². The second-order valence-corrected chi connectivity index (χ2v) is 4.23. The predicted molar refractivity (Wildman–Crippen MR) is 67.7 cm³/mol. The molecule has 4 nitrogen and oxygen atoms in total. The van der Waals surface area contributed by atoms with Crippen molar-refractivity contribution in [2.24, 2.45) is 5.73 Å². The smallest absolute Gasteiger partial charge is 0.0827 e. The van der Waals surface area contributed by atoms with Gasteiger partial charge in [-0.1, -0.05) is 29.5 Å². The summed E-state index contributed by atoms with van der Waals surface area (Å²) in [7, 11) is 0. The van der Waals surface area contributed by atoms with E-state index in [9.17, 15) is 0 Å². The summed E-state index contributed by atoms with van der Waals surface area (Å²) >= 11 is 0. The fourth-order valence-electron chi connectivity index (χ4n) is 1.78. The molecule has 2 rings (SSSR count). The molecule has 0 atom stereocenters. The zero-order valence-electron chi connectivity index (χ0n) is 10.1. The highest BCUT2D eigenvalue weighted by molar-refractivity contribution is 5.25. The number of hydrogen-bond donors (Lipinski definition) is 1. The molecule has 0 aliphatic carbocycles. The molecule has 0 aliphatic heterocycles. The van der Waals surface area contributed by atoms with E-state index >= 15 is 0 Å². The number of nitrogens with two attached hydrogens (primary N) is 1. The summed E-state index contributed by atoms with van der Waals surface area (Å²) in [4.78, 5) is 0. The molecule has 0 fully saturated rings. The van der Waals surface area contributed by atoms with Crippen molar-refractivity contribution in [3.05, 3.63) is 47.3 Å². The van der Waals surface area contributed by atoms with Gasteiger partial charge in [0, 0.05) is 6.20 Å². The largest absolute Gasteiger partial charge is 0.330 e. The quantitative estimate of drug-likeness (QED) is 0.847. The van der Waals surface area contributed by atoms with Gasteiger partial charge < -0.3 is 5.73 Å². The van der Waals surface area contributed by atoms with Gasteiger partial charge in [-0.3, -0.25) is 0 Å². The normalized spacial score (nSPS) is 10.7. The summed E-state index contributed by atoms with van der Waals surface area (Å²) in [6, 6.07) is 8.33. The van der Waals surface area contributed by atoms with Gasteiger partial charge in [0.2, 0.25) is 0 Å². The Hall–Kier alpha value is -1.68. The van der Waals surface area contributed by atoms with Gasteiger partial charge in [0.25, 0.3) is 0 Å². The predicted octanol–water partition coefficient (Wildman–Crippen LogP) is 1.53. The van der Waals surface area contributed by atoms with Crippen molar-refractivity contribution in [2.75, 3.05) is 6.54 Å². The fraction of sp³-hybridized carbons (Fsp3) is 0.385. The minimum Gasteiger partial charge on any atom is -0.330 e. The molecular weight excluding hydrogens is 212 g/mol. The fourth-order valence-corrected chi connectivity index (χ4v) is 1.78. The molecule has 90 valence electrons. The van der Waals surface area contributed by atoms with Gasteiger partial charge in [-0.2, -0.15) is 0 Å². The summed E-state index contributed by atoms with van der Waals surface area (Å²) in [5.74, 6) is 0. The third-order valence-corrected chi connectivity index (χ3v) is 2.82. The molecule has 0 unspecified atom stereocenters. The zero-order valence-corrected chi connectivity index (χ0v) is 10.1. The molecule has 1 aromatic heterocycles. The van der Waals surface area contributed by atoms with E-state index < -0.39 is 0 Å². The lowest BCUT2D eigenvalue weighted by molar-refractivity contribution is 0.647. The highest BCUT2D eigenvalue weighted by Gasteiger charge is 2.02. The van der Waals surface area contributed by atoms with Gasteiger partial charge >= 0.3 is 0 Å². The highest BCUT2D eigenvalue weighted by atomic mass is 15.4. The van der Waals surface area contributed by atoms with Crippen molar-refractivity contribution in [1.82, 2.24) is 15.0 Å². The first-order valence-corrected chi connectivity index (χ1v) is 5.93. The molecule has 2 N–H and O–H groups in total. The Balaban J connectivity index is 2.04. The Kier molecular flexibility index (Phi) is 3.88. The Morgan fingerprint density at radius 1 is 1.29 bits per heavy atom. The van der Waals surface area contributed by atoms with E-state index in [-0.39, 0.29) is 0 Å². The molecule has 0 bridgehead atoms. The van der Waals surface area contributed by atoms with Crippen LogP contribution in [0.4, 0.5) is 0 Å². The summed E-state index contributed by atoms with van der Waals surface area (Å²) in [6.07, 6.45) is 3.87. The van der Waals surface area contributed by atoms with Gasteiger partial charge in [0.1, 0.15) is 0 Å². The first-order chi connectivity index (χ1) is 8.29. The number of nitrogens with zero attached hydrogens (tertiary/aromatic N) is 3. The third-order valence-electron chi connectivity index (χ3n) is 2.82. The highest BCUT2D eigenvalue weighted by Crippen LogP contribution is 2.09. The Morgan fingerprint density at radius 3 is 2.88 bits per heavy atom. The van der Waals surface area contributed by atoms with Crippen molar-refractivity contribution < 1.29 is 0 Å². The molecule has 0 saturated heterocycles. The SMILES string of the molecule is Cc1ccccc1Cn1cc(CCCN)nn1. The summed E-state index contributed by atoms with van der Waals surface area (Å²) in [6.45, 7) is 3.59. The number of benzene rings is 1. The first-order valence-electron chi connectivity index (χ1n) is 5.93. The maximum Gasteiger partial charge on any atom is 0.0827 e. The Morgan fingerprint density at radius 2 is 2.12 bits per heavy atom. The second kappa shape index (κ2) is 5.59. The summed E-state index contributed by atoms with van der Waals surface area (Å²) in [5, 5.41) is 8.27. The van der Waals surface area contributed by atoms with Crippen molar-refractivity contribution in [1.29, 1.82) is 0 Å². The van der Waals surface area contributed by atoms with E-state index in [0.29, 0.717) is 6.54 Å². The van der Waals surface area contributed by atoms with Crippen LogP contribution in [0.2, 0.25) is 0 Å². The summed E-state index contributed by atoms with van der Waals surface area (Å²) in [5.41, 5.74) is 9.05. The first kappa shape index (κ1) is 11.8. The lowest BCUT2D eigenvalue weighted by atomic mass is 10.1. The van der Waals surface area contributed by atoms with Gasteiger partial charge in [-0.15, -0.1) is 5.10 Å². The van der Waals surface area contributed by atoms with Crippen LogP contribution in [0, 0.1) is 6.92 Å². The Bertz CT molecular complexity index is 476. The zero-order chi connectivity index (χ0) is 12.1. The maximum atomic E-state index is 5.47. The van der Waals surface area contributed by atoms with Crippen LogP contribution in [0.1, 0.15) is 23.2 Å². The van der Waals surface area contributed by atoms with Crippen LogP contribution < -0.4 is 5.73 Å². The van der Waals surface area contributed by atoms with Crippen LogP contribution in [0.5, 0.6) is 0 Å². The molecule has 1 aromatic carbocycles. The van der Waals surface area contributed by atoms with Crippen LogP contribution in [0.15, 0.2) is 30.5 Å². The standard InChI is InChI=1S/C13H18N4/c1-11-5-2-3-6-12(11)9-17-10-13(15-16-17)7-4-8-14/h2-3,5-6,10H,4,7-9,14H2,1H3. The van der Waals surface area contributed by atoms with Gasteiger partial charge in [0.15, 0.2) is 0 Å². The molecule has 0 aliphatic rings. The molecule has 0 radical (unpaired) electrons. The summed E-state index contributed by atoms with van der Waals surface area (Å²) < 4.78 is 1.88. The number of hydrogen-bond acceptors (Lipinski definition) is 3. The van der Waals surface area contributed by atoms with Gasteiger partial charge in [-0.05, 0) is 37.4 Å². The molecule has 17 heavy (non-hydrogen) atoms. The van der Waals surface area contributed by atoms with Crippen LogP contribution >= 0.6 is 0 Å². The number of aryl methyl sites for hydroxylation is 2. The number of aromatic nitrogens is 3. The Labute approximate surface area is 101 Å². The van der Waals surface area contributed by atoms with Crippen LogP contribution in [0.25, 0.3) is 0 Å². The van der Waals surface area contributed by atoms with Crippen LogP contribution in [-0.2, 0) is 13.0 Å². The van der Waals surface area contributed by atoms with Crippen molar-refractivity contribution in [3.8, 4) is 0 Å². The average molecular weight is 230 g/mol. The van der Waals surface area contributed by atoms with E-state index in [1.807, 2.05) is 16.9 Å². The minimum absolute atomic E-state index is 0.699. The molecule has 0 saturated carbocycles. The van der Waals surface area contributed by atoms with Gasteiger partial charge in [0.05, 0.1) is 12.2 Å². The minimum atomic E-state index is 0.699. The van der Waals surface area contributed by atoms with Crippen LogP contribution in [-0.4, -0.2) is 21.5 Å². The second-order valence-electron chi connectivity index (χ2n) is 4.23. The van der Waals surface area contributed by atoms with E-state index in [1.165, 1.54) is 11.1 Å². The average Bonchev–Trinajstić information content (AvgIpc) is 2.77. The molecular formula is C13H18N4. The van der Waals surface area contributed by atoms with Crippen molar-refractivity contribution in [3.63, 3.8) is 0 Å².